The van der Waals surface area contributed by atoms with E-state index in [0.717, 1.165) is 28.6 Å². The molecule has 0 bridgehead atoms. The number of carbonyl (C=O) groups is 2. The van der Waals surface area contributed by atoms with Crippen LogP contribution < -0.4 is 4.74 Å². The lowest BCUT2D eigenvalue weighted by molar-refractivity contribution is -0.127. The molecule has 2 aliphatic heterocycles. The Labute approximate surface area is 167 Å². The average Bonchev–Trinajstić information content (AvgIpc) is 2.99. The molecular weight excluding hydrogens is 400 g/mol. The van der Waals surface area contributed by atoms with Gasteiger partial charge in [0.15, 0.2) is 0 Å². The van der Waals surface area contributed by atoms with Gasteiger partial charge in [0.2, 0.25) is 15.9 Å². The van der Waals surface area contributed by atoms with Crippen molar-refractivity contribution in [2.24, 2.45) is 0 Å². The van der Waals surface area contributed by atoms with Gasteiger partial charge in [-0.25, -0.2) is 8.42 Å². The van der Waals surface area contributed by atoms with Crippen LogP contribution >= 0.6 is 11.8 Å². The topological polar surface area (TPSA) is 84.0 Å². The second kappa shape index (κ2) is 7.23. The first-order valence-electron chi connectivity index (χ1n) is 8.63. The molecule has 0 saturated carbocycles. The minimum atomic E-state index is -3.65. The Kier molecular flexibility index (Phi) is 4.90. The molecule has 4 rings (SSSR count). The maximum atomic E-state index is 12.8. The monoisotopic (exact) mass is 418 g/mol. The number of ether oxygens (including phenoxy) is 1. The van der Waals surface area contributed by atoms with E-state index in [9.17, 15) is 18.0 Å². The molecule has 2 aromatic rings. The zero-order valence-corrected chi connectivity index (χ0v) is 16.7. The van der Waals surface area contributed by atoms with Crippen LogP contribution in [0.4, 0.5) is 4.79 Å². The maximum Gasteiger partial charge on any atom is 0.289 e. The van der Waals surface area contributed by atoms with Crippen molar-refractivity contribution >= 4 is 32.9 Å². The number of sulfonamides is 1. The average molecular weight is 418 g/mol. The molecule has 2 fully saturated rings. The normalized spacial score (nSPS) is 18.4. The third kappa shape index (κ3) is 3.30. The SMILES string of the molecule is COc1ccc(-c2ccc(S(=O)(=O)N3CC(N4C(=O)CSC4=O)C3)cc2)cc1. The highest BCUT2D eigenvalue weighted by Crippen LogP contribution is 2.30. The van der Waals surface area contributed by atoms with Crippen molar-refractivity contribution in [2.75, 3.05) is 26.0 Å². The molecule has 2 heterocycles. The van der Waals surface area contributed by atoms with Crippen molar-refractivity contribution < 1.29 is 22.7 Å². The number of methoxy groups -OCH3 is 1. The van der Waals surface area contributed by atoms with Gasteiger partial charge in [0.1, 0.15) is 5.75 Å². The second-order valence-corrected chi connectivity index (χ2v) is 9.41. The highest BCUT2D eigenvalue weighted by molar-refractivity contribution is 8.14. The summed E-state index contributed by atoms with van der Waals surface area (Å²) >= 11 is 0.960. The summed E-state index contributed by atoms with van der Waals surface area (Å²) in [6, 6.07) is 13.8. The number of hydrogen-bond donors (Lipinski definition) is 0. The molecule has 2 aliphatic rings. The van der Waals surface area contributed by atoms with Crippen LogP contribution in [0.15, 0.2) is 53.4 Å². The van der Waals surface area contributed by atoms with Crippen LogP contribution in [0.3, 0.4) is 0 Å². The molecule has 0 radical (unpaired) electrons. The van der Waals surface area contributed by atoms with E-state index in [1.165, 1.54) is 9.21 Å². The third-order valence-corrected chi connectivity index (χ3v) is 7.57. The molecule has 2 saturated heterocycles. The Bertz CT molecular complexity index is 997. The fraction of sp³-hybridized carbons (Fsp3) is 0.263. The molecule has 0 atom stereocenters. The van der Waals surface area contributed by atoms with Crippen molar-refractivity contribution in [3.8, 4) is 16.9 Å². The van der Waals surface area contributed by atoms with Crippen molar-refractivity contribution in [3.05, 3.63) is 48.5 Å². The quantitative estimate of drug-likeness (QED) is 0.742. The summed E-state index contributed by atoms with van der Waals surface area (Å²) in [6.45, 7) is 0.279. The molecule has 0 aliphatic carbocycles. The van der Waals surface area contributed by atoms with Gasteiger partial charge in [0.25, 0.3) is 5.24 Å². The largest absolute Gasteiger partial charge is 0.497 e. The van der Waals surface area contributed by atoms with Gasteiger partial charge in [-0.05, 0) is 35.4 Å². The van der Waals surface area contributed by atoms with Gasteiger partial charge >= 0.3 is 0 Å². The first-order chi connectivity index (χ1) is 13.4. The summed E-state index contributed by atoms with van der Waals surface area (Å²) in [7, 11) is -2.05. The lowest BCUT2D eigenvalue weighted by atomic mass is 10.1. The van der Waals surface area contributed by atoms with Crippen molar-refractivity contribution in [1.29, 1.82) is 0 Å². The van der Waals surface area contributed by atoms with E-state index < -0.39 is 10.0 Å². The van der Waals surface area contributed by atoms with Crippen LogP contribution in [0.25, 0.3) is 11.1 Å². The molecule has 2 amide bonds. The van der Waals surface area contributed by atoms with E-state index in [4.69, 9.17) is 4.74 Å². The smallest absolute Gasteiger partial charge is 0.289 e. The lowest BCUT2D eigenvalue weighted by Gasteiger charge is -2.41. The first kappa shape index (κ1) is 19.0. The van der Waals surface area contributed by atoms with Gasteiger partial charge in [0, 0.05) is 13.1 Å². The number of amides is 2. The molecule has 9 heteroatoms. The van der Waals surface area contributed by atoms with Gasteiger partial charge in [0.05, 0.1) is 23.8 Å². The van der Waals surface area contributed by atoms with Gasteiger partial charge in [-0.2, -0.15) is 4.31 Å². The van der Waals surface area contributed by atoms with Crippen LogP contribution in [0.2, 0.25) is 0 Å². The minimum Gasteiger partial charge on any atom is -0.497 e. The van der Waals surface area contributed by atoms with Gasteiger partial charge in [-0.3, -0.25) is 14.5 Å². The number of rotatable bonds is 5. The van der Waals surface area contributed by atoms with E-state index in [2.05, 4.69) is 0 Å². The molecule has 0 spiro atoms. The summed E-state index contributed by atoms with van der Waals surface area (Å²) in [5, 5.41) is -0.295. The predicted molar refractivity (Wildman–Crippen MR) is 106 cm³/mol. The number of hydrogen-bond acceptors (Lipinski definition) is 6. The van der Waals surface area contributed by atoms with E-state index in [1.807, 2.05) is 24.3 Å². The van der Waals surface area contributed by atoms with Gasteiger partial charge in [-0.15, -0.1) is 0 Å². The maximum absolute atomic E-state index is 12.8. The minimum absolute atomic E-state index is 0.134. The number of nitrogens with zero attached hydrogens (tertiary/aromatic N) is 2. The van der Waals surface area contributed by atoms with Crippen LogP contribution in [-0.2, 0) is 14.8 Å². The number of imide groups is 1. The van der Waals surface area contributed by atoms with Crippen molar-refractivity contribution in [2.45, 2.75) is 10.9 Å². The molecule has 0 unspecified atom stereocenters. The zero-order chi connectivity index (χ0) is 19.9. The molecule has 7 nitrogen and oxygen atoms in total. The molecular formula is C19H18N2O5S2. The fourth-order valence-corrected chi connectivity index (χ4v) is 5.54. The standard InChI is InChI=1S/C19H18N2O5S2/c1-26-16-6-2-13(3-7-16)14-4-8-17(9-5-14)28(24,25)20-10-15(11-20)21-18(22)12-27-19(21)23/h2-9,15H,10-12H2,1H3. The van der Waals surface area contributed by atoms with E-state index in [-0.39, 0.29) is 40.9 Å². The van der Waals surface area contributed by atoms with E-state index in [0.29, 0.717) is 0 Å². The molecule has 28 heavy (non-hydrogen) atoms. The van der Waals surface area contributed by atoms with Crippen molar-refractivity contribution in [3.63, 3.8) is 0 Å². The number of carbonyl (C=O) groups excluding carboxylic acids is 2. The predicted octanol–water partition coefficient (Wildman–Crippen LogP) is 2.43. The fourth-order valence-electron chi connectivity index (χ4n) is 3.25. The summed E-state index contributed by atoms with van der Waals surface area (Å²) in [5.74, 6) is 0.638. The molecule has 0 N–H and O–H groups in total. The highest BCUT2D eigenvalue weighted by Gasteiger charge is 2.45. The Balaban J connectivity index is 1.46. The lowest BCUT2D eigenvalue weighted by Crippen LogP contribution is -2.61. The van der Waals surface area contributed by atoms with Crippen LogP contribution in [0, 0.1) is 0 Å². The van der Waals surface area contributed by atoms with Crippen LogP contribution in [0.5, 0.6) is 5.75 Å². The summed E-state index contributed by atoms with van der Waals surface area (Å²) in [4.78, 5) is 24.9. The third-order valence-electron chi connectivity index (χ3n) is 4.89. The van der Waals surface area contributed by atoms with Gasteiger partial charge < -0.3 is 4.74 Å². The van der Waals surface area contributed by atoms with E-state index >= 15 is 0 Å². The summed E-state index contributed by atoms with van der Waals surface area (Å²) < 4.78 is 32.0. The van der Waals surface area contributed by atoms with Crippen LogP contribution in [0.1, 0.15) is 0 Å². The number of benzene rings is 2. The summed E-state index contributed by atoms with van der Waals surface area (Å²) in [5.41, 5.74) is 1.85. The molecule has 2 aromatic carbocycles. The Hall–Kier alpha value is -2.36. The van der Waals surface area contributed by atoms with E-state index in [1.54, 1.807) is 31.4 Å². The Morgan fingerprint density at radius 3 is 2.04 bits per heavy atom. The first-order valence-corrected chi connectivity index (χ1v) is 11.1. The second-order valence-electron chi connectivity index (χ2n) is 6.55. The molecule has 146 valence electrons. The van der Waals surface area contributed by atoms with Gasteiger partial charge in [-0.1, -0.05) is 36.0 Å². The summed E-state index contributed by atoms with van der Waals surface area (Å²) in [6.07, 6.45) is 0. The molecule has 0 aromatic heterocycles. The van der Waals surface area contributed by atoms with Crippen LogP contribution in [-0.4, -0.2) is 60.8 Å². The Morgan fingerprint density at radius 2 is 1.54 bits per heavy atom. The zero-order valence-electron chi connectivity index (χ0n) is 15.1. The van der Waals surface area contributed by atoms with Crippen molar-refractivity contribution in [1.82, 2.24) is 9.21 Å². The Morgan fingerprint density at radius 1 is 0.964 bits per heavy atom. The highest BCUT2D eigenvalue weighted by atomic mass is 32.2. The number of thioether (sulfide) groups is 1.